The number of rotatable bonds is 14. The second-order valence-electron chi connectivity index (χ2n) is 7.63. The van der Waals surface area contributed by atoms with Gasteiger partial charge in [-0.15, -0.1) is 0 Å². The molecular formula is C21H32N4O7S2. The molecule has 5 unspecified atom stereocenters. The van der Waals surface area contributed by atoms with Gasteiger partial charge in [0.25, 0.3) is 0 Å². The van der Waals surface area contributed by atoms with Gasteiger partial charge in [-0.25, -0.2) is 4.79 Å². The number of thioether (sulfide) groups is 1. The molecule has 3 amide bonds. The molecule has 0 heterocycles. The van der Waals surface area contributed by atoms with Crippen molar-refractivity contribution in [2.24, 2.45) is 5.73 Å². The molecule has 11 nitrogen and oxygen atoms in total. The monoisotopic (exact) mass is 516 g/mol. The molecule has 0 aliphatic heterocycles. The van der Waals surface area contributed by atoms with Crippen molar-refractivity contribution in [3.63, 3.8) is 0 Å². The molecule has 13 heteroatoms. The van der Waals surface area contributed by atoms with Crippen molar-refractivity contribution in [1.82, 2.24) is 16.0 Å². The highest BCUT2D eigenvalue weighted by Gasteiger charge is 2.32. The molecule has 34 heavy (non-hydrogen) atoms. The number of aromatic hydroxyl groups is 1. The third-order valence-corrected chi connectivity index (χ3v) is 5.84. The van der Waals surface area contributed by atoms with E-state index in [0.29, 0.717) is 11.3 Å². The molecule has 5 atom stereocenters. The van der Waals surface area contributed by atoms with E-state index >= 15 is 0 Å². The van der Waals surface area contributed by atoms with Gasteiger partial charge in [-0.3, -0.25) is 14.4 Å². The lowest BCUT2D eigenvalue weighted by atomic mass is 10.0. The second-order valence-corrected chi connectivity index (χ2v) is 8.98. The Morgan fingerprint density at radius 1 is 1.03 bits per heavy atom. The van der Waals surface area contributed by atoms with E-state index in [1.807, 2.05) is 0 Å². The van der Waals surface area contributed by atoms with Crippen molar-refractivity contribution < 1.29 is 34.5 Å². The fraction of sp³-hybridized carbons (Fsp3) is 0.524. The van der Waals surface area contributed by atoms with Gasteiger partial charge in [0.15, 0.2) is 0 Å². The number of aliphatic hydroxyl groups is 1. The van der Waals surface area contributed by atoms with Crippen LogP contribution in [-0.4, -0.2) is 87.0 Å². The lowest BCUT2D eigenvalue weighted by Crippen LogP contribution is -2.60. The Hall–Kier alpha value is -2.48. The van der Waals surface area contributed by atoms with Crippen LogP contribution in [0.2, 0.25) is 0 Å². The fourth-order valence-corrected chi connectivity index (χ4v) is 3.59. The number of carboxylic acids is 1. The van der Waals surface area contributed by atoms with Crippen LogP contribution in [0.3, 0.4) is 0 Å². The van der Waals surface area contributed by atoms with E-state index in [0.717, 1.165) is 0 Å². The minimum atomic E-state index is -1.42. The van der Waals surface area contributed by atoms with Crippen molar-refractivity contribution in [3.05, 3.63) is 29.8 Å². The Bertz CT molecular complexity index is 839. The normalized spacial score (nSPS) is 15.3. The molecule has 8 N–H and O–H groups in total. The number of aliphatic hydroxyl groups excluding tert-OH is 1. The van der Waals surface area contributed by atoms with Crippen LogP contribution in [0.5, 0.6) is 5.75 Å². The van der Waals surface area contributed by atoms with Crippen LogP contribution in [-0.2, 0) is 25.6 Å². The number of thiol groups is 1. The van der Waals surface area contributed by atoms with E-state index in [1.54, 1.807) is 18.4 Å². The van der Waals surface area contributed by atoms with Gasteiger partial charge in [-0.2, -0.15) is 24.4 Å². The number of phenolic OH excluding ortho intramolecular Hbond substituents is 1. The molecule has 0 spiro atoms. The van der Waals surface area contributed by atoms with Gasteiger partial charge >= 0.3 is 5.97 Å². The summed E-state index contributed by atoms with van der Waals surface area (Å²) in [5.74, 6) is -3.09. The molecule has 0 aromatic heterocycles. The molecule has 0 saturated carbocycles. The maximum absolute atomic E-state index is 12.7. The van der Waals surface area contributed by atoms with Gasteiger partial charge in [0.2, 0.25) is 17.7 Å². The molecule has 1 aromatic rings. The minimum Gasteiger partial charge on any atom is -0.508 e. The Morgan fingerprint density at radius 2 is 1.62 bits per heavy atom. The SMILES string of the molecule is CSCCC(NC(=O)C(CS)NC(=O)C(NC(=O)C(N)Cc1ccc(O)cc1)C(C)O)C(=O)O. The summed E-state index contributed by atoms with van der Waals surface area (Å²) in [5.41, 5.74) is 6.59. The second kappa shape index (κ2) is 14.7. The van der Waals surface area contributed by atoms with Crippen LogP contribution in [0.15, 0.2) is 24.3 Å². The highest BCUT2D eigenvalue weighted by molar-refractivity contribution is 7.98. The lowest BCUT2D eigenvalue weighted by Gasteiger charge is -2.26. The lowest BCUT2D eigenvalue weighted by molar-refractivity contribution is -0.142. The summed E-state index contributed by atoms with van der Waals surface area (Å²) in [6, 6.07) is 1.30. The van der Waals surface area contributed by atoms with Gasteiger partial charge in [0.05, 0.1) is 12.1 Å². The van der Waals surface area contributed by atoms with E-state index in [-0.39, 0.29) is 24.3 Å². The number of carboxylic acid groups (broad SMARTS) is 1. The highest BCUT2D eigenvalue weighted by atomic mass is 32.2. The van der Waals surface area contributed by atoms with Crippen LogP contribution in [0.4, 0.5) is 0 Å². The number of benzene rings is 1. The largest absolute Gasteiger partial charge is 0.508 e. The van der Waals surface area contributed by atoms with E-state index < -0.39 is 54.0 Å². The summed E-state index contributed by atoms with van der Waals surface area (Å²) in [4.78, 5) is 49.1. The predicted octanol–water partition coefficient (Wildman–Crippen LogP) is -1.14. The molecular weight excluding hydrogens is 484 g/mol. The van der Waals surface area contributed by atoms with E-state index in [1.165, 1.54) is 30.8 Å². The minimum absolute atomic E-state index is 0.0642. The van der Waals surface area contributed by atoms with Gasteiger partial charge in [-0.1, -0.05) is 12.1 Å². The van der Waals surface area contributed by atoms with Crippen molar-refractivity contribution in [3.8, 4) is 5.75 Å². The maximum Gasteiger partial charge on any atom is 0.326 e. The highest BCUT2D eigenvalue weighted by Crippen LogP contribution is 2.11. The maximum atomic E-state index is 12.7. The number of aliphatic carboxylic acids is 1. The third kappa shape index (κ3) is 9.79. The zero-order chi connectivity index (χ0) is 25.8. The standard InChI is InChI=1S/C21H32N4O7S2/c1-11(26)17(25-18(28)14(22)9-12-3-5-13(27)6-4-12)20(30)24-16(10-33)19(29)23-15(21(31)32)7-8-34-2/h3-6,11,14-17,26-27,33H,7-10,22H2,1-2H3,(H,23,29)(H,24,30)(H,25,28)(H,31,32). The van der Waals surface area contributed by atoms with Crippen LogP contribution < -0.4 is 21.7 Å². The number of nitrogens with one attached hydrogen (secondary N) is 3. The molecule has 0 aliphatic rings. The van der Waals surface area contributed by atoms with Crippen LogP contribution in [0, 0.1) is 0 Å². The van der Waals surface area contributed by atoms with Gasteiger partial charge in [0.1, 0.15) is 23.9 Å². The van der Waals surface area contributed by atoms with Crippen LogP contribution >= 0.6 is 24.4 Å². The van der Waals surface area contributed by atoms with E-state index in [9.17, 15) is 34.5 Å². The van der Waals surface area contributed by atoms with Crippen molar-refractivity contribution >= 4 is 48.1 Å². The number of nitrogens with two attached hydrogens (primary N) is 1. The first kappa shape index (κ1) is 29.6. The van der Waals surface area contributed by atoms with E-state index in [2.05, 4.69) is 28.6 Å². The molecule has 1 rings (SSSR count). The Morgan fingerprint density at radius 3 is 2.12 bits per heavy atom. The Labute approximate surface area is 207 Å². The van der Waals surface area contributed by atoms with Gasteiger partial charge in [0, 0.05) is 5.75 Å². The molecule has 0 radical (unpaired) electrons. The summed E-state index contributed by atoms with van der Waals surface area (Å²) >= 11 is 5.47. The topological polar surface area (TPSA) is 191 Å². The van der Waals surface area contributed by atoms with Crippen molar-refractivity contribution in [1.29, 1.82) is 0 Å². The number of carbonyl (C=O) groups excluding carboxylic acids is 3. The molecule has 190 valence electrons. The number of carbonyl (C=O) groups is 4. The van der Waals surface area contributed by atoms with Crippen molar-refractivity contribution in [2.45, 2.75) is 50.0 Å². The zero-order valence-electron chi connectivity index (χ0n) is 18.9. The average molecular weight is 517 g/mol. The summed E-state index contributed by atoms with van der Waals surface area (Å²) in [7, 11) is 0. The molecule has 0 saturated heterocycles. The fourth-order valence-electron chi connectivity index (χ4n) is 2.87. The third-order valence-electron chi connectivity index (χ3n) is 4.83. The Balaban J connectivity index is 2.78. The number of hydrogen-bond donors (Lipinski definition) is 8. The van der Waals surface area contributed by atoms with Crippen LogP contribution in [0.25, 0.3) is 0 Å². The predicted molar refractivity (Wildman–Crippen MR) is 132 cm³/mol. The number of phenols is 1. The smallest absolute Gasteiger partial charge is 0.326 e. The van der Waals surface area contributed by atoms with Crippen molar-refractivity contribution in [2.75, 3.05) is 17.8 Å². The first-order valence-corrected chi connectivity index (χ1v) is 12.5. The first-order valence-electron chi connectivity index (χ1n) is 10.4. The van der Waals surface area contributed by atoms with Gasteiger partial charge < -0.3 is 37.0 Å². The average Bonchev–Trinajstić information content (AvgIpc) is 2.78. The molecule has 0 aliphatic carbocycles. The Kier molecular flexibility index (Phi) is 12.8. The summed E-state index contributed by atoms with van der Waals surface area (Å²) in [6.07, 6.45) is 0.801. The quantitative estimate of drug-likeness (QED) is 0.141. The van der Waals surface area contributed by atoms with E-state index in [4.69, 9.17) is 5.73 Å². The van der Waals surface area contributed by atoms with Gasteiger partial charge in [-0.05, 0) is 49.5 Å². The summed E-state index contributed by atoms with van der Waals surface area (Å²) < 4.78 is 0. The molecule has 1 aromatic carbocycles. The zero-order valence-corrected chi connectivity index (χ0v) is 20.6. The summed E-state index contributed by atoms with van der Waals surface area (Å²) in [6.45, 7) is 1.29. The van der Waals surface area contributed by atoms with Crippen LogP contribution in [0.1, 0.15) is 18.9 Å². The summed E-state index contributed by atoms with van der Waals surface area (Å²) in [5, 5.41) is 35.8. The number of hydrogen-bond acceptors (Lipinski definition) is 9. The first-order chi connectivity index (χ1) is 16.0. The number of amides is 3. The molecule has 0 bridgehead atoms. The molecule has 0 fully saturated rings.